The van der Waals surface area contributed by atoms with E-state index < -0.39 is 0 Å². The highest BCUT2D eigenvalue weighted by molar-refractivity contribution is 5.86. The van der Waals surface area contributed by atoms with Gasteiger partial charge in [0.05, 0.1) is 7.11 Å². The van der Waals surface area contributed by atoms with E-state index in [1.54, 1.807) is 7.11 Å². The number of hydrogen-bond donors (Lipinski definition) is 1. The van der Waals surface area contributed by atoms with Crippen molar-refractivity contribution in [3.63, 3.8) is 0 Å². The topological polar surface area (TPSA) is 44.8 Å². The van der Waals surface area contributed by atoms with Crippen LogP contribution >= 0.6 is 0 Å². The number of likely N-dealkylation sites (N-methyl/N-ethyl adjacent to an activating group) is 1. The van der Waals surface area contributed by atoms with Gasteiger partial charge in [0.2, 0.25) is 5.91 Å². The predicted octanol–water partition coefficient (Wildman–Crippen LogP) is 1.97. The Morgan fingerprint density at radius 2 is 1.85 bits per heavy atom. The molecule has 1 N–H and O–H groups in total. The second kappa shape index (κ2) is 7.20. The van der Waals surface area contributed by atoms with E-state index in [-0.39, 0.29) is 11.4 Å². The minimum absolute atomic E-state index is 0.229. The molecule has 4 rings (SSSR count). The van der Waals surface area contributed by atoms with Gasteiger partial charge >= 0.3 is 0 Å². The molecule has 1 aromatic rings. The Morgan fingerprint density at radius 1 is 1.12 bits per heavy atom. The zero-order valence-corrected chi connectivity index (χ0v) is 16.1. The maximum atomic E-state index is 12.7. The zero-order valence-electron chi connectivity index (χ0n) is 16.1. The van der Waals surface area contributed by atoms with Crippen LogP contribution in [0.4, 0.5) is 0 Å². The Hall–Kier alpha value is -1.59. The number of carbonyl (C=O) groups is 1. The number of piperidine rings is 1. The van der Waals surface area contributed by atoms with E-state index in [0.29, 0.717) is 0 Å². The van der Waals surface area contributed by atoms with Crippen LogP contribution in [-0.2, 0) is 24.2 Å². The third-order valence-electron chi connectivity index (χ3n) is 6.68. The highest BCUT2D eigenvalue weighted by atomic mass is 16.5. The van der Waals surface area contributed by atoms with E-state index in [4.69, 9.17) is 4.74 Å². The highest BCUT2D eigenvalue weighted by Gasteiger charge is 2.45. The Kier molecular flexibility index (Phi) is 4.93. The molecule has 1 aromatic carbocycles. The summed E-state index contributed by atoms with van der Waals surface area (Å²) in [4.78, 5) is 17.5. The molecule has 0 radical (unpaired) electrons. The molecule has 2 heterocycles. The van der Waals surface area contributed by atoms with Crippen LogP contribution in [0.5, 0.6) is 5.75 Å². The molecular formula is C21H31N3O2. The number of nitrogens with zero attached hydrogens (tertiary/aromatic N) is 2. The first-order valence-electron chi connectivity index (χ1n) is 10.0. The average molecular weight is 357 g/mol. The summed E-state index contributed by atoms with van der Waals surface area (Å²) in [6.07, 6.45) is 6.49. The van der Waals surface area contributed by atoms with E-state index in [2.05, 4.69) is 34.3 Å². The summed E-state index contributed by atoms with van der Waals surface area (Å²) in [5.41, 5.74) is 3.94. The molecule has 142 valence electrons. The van der Waals surface area contributed by atoms with Crippen LogP contribution in [-0.4, -0.2) is 61.6 Å². The molecule has 2 saturated heterocycles. The number of benzene rings is 1. The van der Waals surface area contributed by atoms with Crippen molar-refractivity contribution in [1.29, 1.82) is 0 Å². The smallest absolute Gasteiger partial charge is 0.240 e. The quantitative estimate of drug-likeness (QED) is 0.898. The summed E-state index contributed by atoms with van der Waals surface area (Å²) in [5, 5.41) is 3.13. The van der Waals surface area contributed by atoms with Crippen molar-refractivity contribution in [2.24, 2.45) is 0 Å². The fraction of sp³-hybridized carbons (Fsp3) is 0.667. The number of rotatable bonds is 3. The fourth-order valence-corrected chi connectivity index (χ4v) is 4.97. The number of methoxy groups -OCH3 is 1. The Balaban J connectivity index is 1.46. The average Bonchev–Trinajstić information content (AvgIpc) is 3.07. The van der Waals surface area contributed by atoms with Gasteiger partial charge in [0, 0.05) is 38.3 Å². The number of aryl methyl sites for hydroxylation is 2. The summed E-state index contributed by atoms with van der Waals surface area (Å²) < 4.78 is 5.67. The molecule has 0 aromatic heterocycles. The molecule has 0 atom stereocenters. The van der Waals surface area contributed by atoms with Crippen LogP contribution in [0, 0.1) is 0 Å². The van der Waals surface area contributed by atoms with Crippen molar-refractivity contribution >= 4 is 5.91 Å². The Morgan fingerprint density at radius 3 is 2.58 bits per heavy atom. The molecule has 1 spiro atoms. The molecule has 5 heteroatoms. The third-order valence-corrected chi connectivity index (χ3v) is 6.68. The first kappa shape index (κ1) is 17.8. The van der Waals surface area contributed by atoms with Crippen LogP contribution in [0.3, 0.4) is 0 Å². The van der Waals surface area contributed by atoms with Gasteiger partial charge in [-0.3, -0.25) is 14.6 Å². The zero-order chi connectivity index (χ0) is 18.1. The number of likely N-dealkylation sites (tertiary alicyclic amines) is 1. The molecule has 1 aliphatic carbocycles. The van der Waals surface area contributed by atoms with Gasteiger partial charge in [-0.25, -0.2) is 0 Å². The normalized spacial score (nSPS) is 23.5. The van der Waals surface area contributed by atoms with Crippen molar-refractivity contribution in [3.05, 3.63) is 28.8 Å². The van der Waals surface area contributed by atoms with Crippen molar-refractivity contribution in [1.82, 2.24) is 15.1 Å². The molecule has 0 bridgehead atoms. The lowest BCUT2D eigenvalue weighted by Gasteiger charge is -2.45. The lowest BCUT2D eigenvalue weighted by molar-refractivity contribution is -0.134. The molecule has 3 aliphatic rings. The number of amides is 1. The Labute approximate surface area is 156 Å². The van der Waals surface area contributed by atoms with Gasteiger partial charge in [-0.1, -0.05) is 6.07 Å². The molecule has 2 aliphatic heterocycles. The molecular weight excluding hydrogens is 326 g/mol. The molecule has 2 fully saturated rings. The van der Waals surface area contributed by atoms with E-state index in [1.165, 1.54) is 36.0 Å². The molecule has 26 heavy (non-hydrogen) atoms. The standard InChI is InChI=1S/C21H31N3O2/c1-23-10-4-9-22-20(25)21(23)7-11-24(12-8-21)15-18-13-16-5-3-6-17(16)14-19(18)26-2/h13-14H,3-12,15H2,1-2H3,(H,22,25). The molecule has 1 amide bonds. The second-order valence-corrected chi connectivity index (χ2v) is 8.13. The predicted molar refractivity (Wildman–Crippen MR) is 103 cm³/mol. The minimum Gasteiger partial charge on any atom is -0.496 e. The number of carbonyl (C=O) groups excluding carboxylic acids is 1. The van der Waals surface area contributed by atoms with E-state index in [1.807, 2.05) is 0 Å². The maximum absolute atomic E-state index is 12.7. The monoisotopic (exact) mass is 357 g/mol. The van der Waals surface area contributed by atoms with Gasteiger partial charge in [-0.2, -0.15) is 0 Å². The lowest BCUT2D eigenvalue weighted by Crippen LogP contribution is -2.60. The van der Waals surface area contributed by atoms with Crippen LogP contribution in [0.1, 0.15) is 42.4 Å². The van der Waals surface area contributed by atoms with Crippen LogP contribution in [0.2, 0.25) is 0 Å². The van der Waals surface area contributed by atoms with Gasteiger partial charge < -0.3 is 10.1 Å². The molecule has 0 saturated carbocycles. The van der Waals surface area contributed by atoms with E-state index in [9.17, 15) is 4.79 Å². The van der Waals surface area contributed by atoms with Gasteiger partial charge in [0.25, 0.3) is 0 Å². The number of fused-ring (bicyclic) bond motifs is 1. The minimum atomic E-state index is -0.310. The SMILES string of the molecule is COc1cc2c(cc1CN1CCC3(CC1)C(=O)NCCCN3C)CCC2. The maximum Gasteiger partial charge on any atom is 0.240 e. The van der Waals surface area contributed by atoms with Crippen molar-refractivity contribution in [3.8, 4) is 5.75 Å². The van der Waals surface area contributed by atoms with Crippen molar-refractivity contribution in [2.45, 2.75) is 50.6 Å². The summed E-state index contributed by atoms with van der Waals surface area (Å²) in [6, 6.07) is 4.60. The van der Waals surface area contributed by atoms with E-state index in [0.717, 1.165) is 57.7 Å². The molecule has 5 nitrogen and oxygen atoms in total. The number of hydrogen-bond acceptors (Lipinski definition) is 4. The van der Waals surface area contributed by atoms with Crippen molar-refractivity contribution in [2.75, 3.05) is 40.3 Å². The largest absolute Gasteiger partial charge is 0.496 e. The molecule has 0 unspecified atom stereocenters. The summed E-state index contributed by atoms with van der Waals surface area (Å²) in [5.74, 6) is 1.25. The lowest BCUT2D eigenvalue weighted by atomic mass is 9.85. The van der Waals surface area contributed by atoms with Gasteiger partial charge in [0.1, 0.15) is 11.3 Å². The first-order valence-corrected chi connectivity index (χ1v) is 10.0. The summed E-state index contributed by atoms with van der Waals surface area (Å²) in [6.45, 7) is 4.63. The fourth-order valence-electron chi connectivity index (χ4n) is 4.97. The third kappa shape index (κ3) is 3.12. The van der Waals surface area contributed by atoms with Crippen LogP contribution in [0.25, 0.3) is 0 Å². The van der Waals surface area contributed by atoms with Crippen LogP contribution in [0.15, 0.2) is 12.1 Å². The van der Waals surface area contributed by atoms with Crippen LogP contribution < -0.4 is 10.1 Å². The van der Waals surface area contributed by atoms with Crippen molar-refractivity contribution < 1.29 is 9.53 Å². The summed E-state index contributed by atoms with van der Waals surface area (Å²) >= 11 is 0. The number of nitrogens with one attached hydrogen (secondary N) is 1. The number of ether oxygens (including phenoxy) is 1. The van der Waals surface area contributed by atoms with Gasteiger partial charge in [0.15, 0.2) is 0 Å². The highest BCUT2D eigenvalue weighted by Crippen LogP contribution is 2.34. The van der Waals surface area contributed by atoms with Gasteiger partial charge in [-0.15, -0.1) is 0 Å². The van der Waals surface area contributed by atoms with Gasteiger partial charge in [-0.05, 0) is 62.8 Å². The van der Waals surface area contributed by atoms with E-state index >= 15 is 0 Å². The summed E-state index contributed by atoms with van der Waals surface area (Å²) in [7, 11) is 3.89. The second-order valence-electron chi connectivity index (χ2n) is 8.13. The Bertz CT molecular complexity index is 680. The first-order chi connectivity index (χ1) is 12.6.